The fourth-order valence-electron chi connectivity index (χ4n) is 2.80. The summed E-state index contributed by atoms with van der Waals surface area (Å²) < 4.78 is 18.8. The van der Waals surface area contributed by atoms with E-state index in [0.29, 0.717) is 11.3 Å². The van der Waals surface area contributed by atoms with E-state index in [2.05, 4.69) is 5.32 Å². The number of carbonyl (C=O) groups is 2. The predicted molar refractivity (Wildman–Crippen MR) is 111 cm³/mol. The lowest BCUT2D eigenvalue weighted by molar-refractivity contribution is -0.125. The molecule has 0 aliphatic carbocycles. The molecule has 0 spiro atoms. The van der Waals surface area contributed by atoms with Crippen LogP contribution in [0.3, 0.4) is 0 Å². The van der Waals surface area contributed by atoms with Gasteiger partial charge in [-0.05, 0) is 49.2 Å². The van der Waals surface area contributed by atoms with E-state index in [4.69, 9.17) is 16.3 Å². The average molecular weight is 412 g/mol. The standard InChI is InChI=1S/C23H19ClFNO3/c1-14-8-9-15(2)20(12-14)26-22(27)21(16-6-4-3-5-7-16)29-23(28)18-11-10-17(25)13-19(18)24/h3-13,21H,1-2H3,(H,26,27). The zero-order chi connectivity index (χ0) is 21.0. The highest BCUT2D eigenvalue weighted by Gasteiger charge is 2.27. The van der Waals surface area contributed by atoms with Crippen LogP contribution in [0.15, 0.2) is 66.7 Å². The molecule has 3 aromatic rings. The zero-order valence-corrected chi connectivity index (χ0v) is 16.7. The number of ether oxygens (including phenoxy) is 1. The Morgan fingerprint density at radius 2 is 1.72 bits per heavy atom. The van der Waals surface area contributed by atoms with Crippen molar-refractivity contribution >= 4 is 29.2 Å². The summed E-state index contributed by atoms with van der Waals surface area (Å²) >= 11 is 5.96. The van der Waals surface area contributed by atoms with Gasteiger partial charge in [-0.25, -0.2) is 9.18 Å². The lowest BCUT2D eigenvalue weighted by atomic mass is 10.1. The van der Waals surface area contributed by atoms with Crippen LogP contribution in [0, 0.1) is 19.7 Å². The maximum absolute atomic E-state index is 13.3. The normalized spacial score (nSPS) is 11.6. The molecule has 0 aliphatic heterocycles. The summed E-state index contributed by atoms with van der Waals surface area (Å²) in [5.41, 5.74) is 2.98. The zero-order valence-electron chi connectivity index (χ0n) is 15.9. The first kappa shape index (κ1) is 20.6. The van der Waals surface area contributed by atoms with Crippen molar-refractivity contribution in [3.8, 4) is 0 Å². The second-order valence-electron chi connectivity index (χ2n) is 6.63. The minimum atomic E-state index is -1.20. The molecule has 3 rings (SSSR count). The van der Waals surface area contributed by atoms with Crippen LogP contribution in [-0.4, -0.2) is 11.9 Å². The number of halogens is 2. The molecule has 148 valence electrons. The Bertz CT molecular complexity index is 1050. The lowest BCUT2D eigenvalue weighted by Gasteiger charge is -2.19. The second kappa shape index (κ2) is 8.88. The van der Waals surface area contributed by atoms with Crippen molar-refractivity contribution in [1.82, 2.24) is 0 Å². The van der Waals surface area contributed by atoms with Crippen molar-refractivity contribution in [2.45, 2.75) is 20.0 Å². The number of carbonyl (C=O) groups excluding carboxylic acids is 2. The first-order valence-corrected chi connectivity index (χ1v) is 9.32. The fourth-order valence-corrected chi connectivity index (χ4v) is 3.04. The van der Waals surface area contributed by atoms with Gasteiger partial charge in [0.05, 0.1) is 10.6 Å². The molecule has 3 aromatic carbocycles. The molecule has 1 unspecified atom stereocenters. The van der Waals surface area contributed by atoms with Crippen molar-refractivity contribution < 1.29 is 18.7 Å². The second-order valence-corrected chi connectivity index (χ2v) is 7.04. The molecule has 1 atom stereocenters. The van der Waals surface area contributed by atoms with Gasteiger partial charge in [-0.1, -0.05) is 54.1 Å². The molecular formula is C23H19ClFNO3. The number of rotatable bonds is 5. The van der Waals surface area contributed by atoms with E-state index in [1.165, 1.54) is 6.07 Å². The molecule has 29 heavy (non-hydrogen) atoms. The van der Waals surface area contributed by atoms with Crippen LogP contribution >= 0.6 is 11.6 Å². The molecule has 0 bridgehead atoms. The Hall–Kier alpha value is -3.18. The number of benzene rings is 3. The van der Waals surface area contributed by atoms with Gasteiger partial charge < -0.3 is 10.1 Å². The van der Waals surface area contributed by atoms with Gasteiger partial charge in [0.2, 0.25) is 6.10 Å². The summed E-state index contributed by atoms with van der Waals surface area (Å²) in [6.45, 7) is 3.79. The molecule has 0 heterocycles. The SMILES string of the molecule is Cc1ccc(C)c(NC(=O)C(OC(=O)c2ccc(F)cc2Cl)c2ccccc2)c1. The van der Waals surface area contributed by atoms with Crippen molar-refractivity contribution in [2.75, 3.05) is 5.32 Å². The van der Waals surface area contributed by atoms with Gasteiger partial charge in [0, 0.05) is 11.3 Å². The Balaban J connectivity index is 1.89. The van der Waals surface area contributed by atoms with Crippen LogP contribution in [0.25, 0.3) is 0 Å². The van der Waals surface area contributed by atoms with Crippen molar-refractivity contribution in [3.63, 3.8) is 0 Å². The number of aryl methyl sites for hydroxylation is 2. The van der Waals surface area contributed by atoms with Gasteiger partial charge in [0.1, 0.15) is 5.82 Å². The van der Waals surface area contributed by atoms with Gasteiger partial charge in [0.15, 0.2) is 0 Å². The predicted octanol–water partition coefficient (Wildman–Crippen LogP) is 5.63. The van der Waals surface area contributed by atoms with Gasteiger partial charge in [0.25, 0.3) is 5.91 Å². The summed E-state index contributed by atoms with van der Waals surface area (Å²) in [5, 5.41) is 2.73. The molecule has 0 fully saturated rings. The third-order valence-corrected chi connectivity index (χ3v) is 4.68. The maximum atomic E-state index is 13.3. The van der Waals surface area contributed by atoms with Gasteiger partial charge in [-0.3, -0.25) is 4.79 Å². The number of anilines is 1. The Morgan fingerprint density at radius 3 is 2.41 bits per heavy atom. The molecule has 6 heteroatoms. The Kier molecular flexibility index (Phi) is 6.29. The van der Waals surface area contributed by atoms with Crippen molar-refractivity contribution in [2.24, 2.45) is 0 Å². The minimum Gasteiger partial charge on any atom is -0.444 e. The molecular weight excluding hydrogens is 393 g/mol. The smallest absolute Gasteiger partial charge is 0.340 e. The Labute approximate surface area is 173 Å². The van der Waals surface area contributed by atoms with Crippen LogP contribution in [0.4, 0.5) is 10.1 Å². The molecule has 0 aromatic heterocycles. The van der Waals surface area contributed by atoms with E-state index < -0.39 is 23.8 Å². The molecule has 0 saturated carbocycles. The summed E-state index contributed by atoms with van der Waals surface area (Å²) in [4.78, 5) is 25.6. The first-order chi connectivity index (χ1) is 13.8. The molecule has 1 amide bonds. The van der Waals surface area contributed by atoms with E-state index in [-0.39, 0.29) is 10.6 Å². The highest BCUT2D eigenvalue weighted by molar-refractivity contribution is 6.33. The lowest BCUT2D eigenvalue weighted by Crippen LogP contribution is -2.26. The number of amides is 1. The summed E-state index contributed by atoms with van der Waals surface area (Å²) in [6.07, 6.45) is -1.20. The van der Waals surface area contributed by atoms with Crippen molar-refractivity contribution in [1.29, 1.82) is 0 Å². The fraction of sp³-hybridized carbons (Fsp3) is 0.130. The first-order valence-electron chi connectivity index (χ1n) is 8.94. The summed E-state index contributed by atoms with van der Waals surface area (Å²) in [5.74, 6) is -1.89. The summed E-state index contributed by atoms with van der Waals surface area (Å²) in [6, 6.07) is 17.7. The highest BCUT2D eigenvalue weighted by atomic mass is 35.5. The van der Waals surface area contributed by atoms with E-state index in [1.807, 2.05) is 32.0 Å². The molecule has 1 N–H and O–H groups in total. The molecule has 0 radical (unpaired) electrons. The topological polar surface area (TPSA) is 55.4 Å². The summed E-state index contributed by atoms with van der Waals surface area (Å²) in [7, 11) is 0. The number of hydrogen-bond donors (Lipinski definition) is 1. The third kappa shape index (κ3) is 5.00. The van der Waals surface area contributed by atoms with Gasteiger partial charge in [-0.15, -0.1) is 0 Å². The largest absolute Gasteiger partial charge is 0.444 e. The third-order valence-electron chi connectivity index (χ3n) is 4.37. The van der Waals surface area contributed by atoms with Crippen LogP contribution in [-0.2, 0) is 9.53 Å². The molecule has 4 nitrogen and oxygen atoms in total. The minimum absolute atomic E-state index is 0.0199. The van der Waals surface area contributed by atoms with Crippen LogP contribution in [0.1, 0.15) is 33.2 Å². The highest BCUT2D eigenvalue weighted by Crippen LogP contribution is 2.26. The monoisotopic (exact) mass is 411 g/mol. The Morgan fingerprint density at radius 1 is 1.00 bits per heavy atom. The number of esters is 1. The van der Waals surface area contributed by atoms with E-state index in [0.717, 1.165) is 23.3 Å². The van der Waals surface area contributed by atoms with E-state index in [9.17, 15) is 14.0 Å². The maximum Gasteiger partial charge on any atom is 0.340 e. The van der Waals surface area contributed by atoms with Crippen LogP contribution in [0.5, 0.6) is 0 Å². The number of nitrogens with one attached hydrogen (secondary N) is 1. The van der Waals surface area contributed by atoms with Gasteiger partial charge >= 0.3 is 5.97 Å². The molecule has 0 aliphatic rings. The average Bonchev–Trinajstić information content (AvgIpc) is 2.69. The molecule has 0 saturated heterocycles. The van der Waals surface area contributed by atoms with E-state index in [1.54, 1.807) is 30.3 Å². The van der Waals surface area contributed by atoms with Crippen molar-refractivity contribution in [3.05, 3.63) is 99.8 Å². The quantitative estimate of drug-likeness (QED) is 0.553. The van der Waals surface area contributed by atoms with Gasteiger partial charge in [-0.2, -0.15) is 0 Å². The van der Waals surface area contributed by atoms with E-state index >= 15 is 0 Å². The van der Waals surface area contributed by atoms with Crippen LogP contribution in [0.2, 0.25) is 5.02 Å². The number of hydrogen-bond acceptors (Lipinski definition) is 3. The van der Waals surface area contributed by atoms with Crippen LogP contribution < -0.4 is 5.32 Å².